The van der Waals surface area contributed by atoms with Gasteiger partial charge in [-0.25, -0.2) is 0 Å². The Kier molecular flexibility index (Phi) is 6.22. The lowest BCUT2D eigenvalue weighted by molar-refractivity contribution is -0.119. The van der Waals surface area contributed by atoms with E-state index in [1.807, 2.05) is 19.1 Å². The Labute approximate surface area is 109 Å². The molecule has 0 aliphatic heterocycles. The molecule has 0 heterocycles. The molecule has 0 saturated heterocycles. The van der Waals surface area contributed by atoms with E-state index in [0.29, 0.717) is 19.7 Å². The Morgan fingerprint density at radius 1 is 1.33 bits per heavy atom. The number of ether oxygens (including phenoxy) is 1. The van der Waals surface area contributed by atoms with E-state index >= 15 is 0 Å². The molecular formula is C14H22N2O2. The first-order chi connectivity index (χ1) is 8.65. The first-order valence-corrected chi connectivity index (χ1v) is 6.21. The van der Waals surface area contributed by atoms with Crippen molar-refractivity contribution < 1.29 is 9.53 Å². The third-order valence-electron chi connectivity index (χ3n) is 2.89. The quantitative estimate of drug-likeness (QED) is 0.726. The predicted octanol–water partition coefficient (Wildman–Crippen LogP) is 1.87. The van der Waals surface area contributed by atoms with Crippen LogP contribution in [0.3, 0.4) is 0 Å². The fourth-order valence-electron chi connectivity index (χ4n) is 1.62. The van der Waals surface area contributed by atoms with E-state index in [-0.39, 0.29) is 5.91 Å². The van der Waals surface area contributed by atoms with Crippen molar-refractivity contribution in [2.45, 2.75) is 20.3 Å². The number of benzene rings is 1. The summed E-state index contributed by atoms with van der Waals surface area (Å²) in [6.07, 6.45) is 0.839. The van der Waals surface area contributed by atoms with Gasteiger partial charge in [-0.3, -0.25) is 4.79 Å². The molecule has 0 aliphatic rings. The molecule has 0 radical (unpaired) electrons. The van der Waals surface area contributed by atoms with Crippen LogP contribution in [0.5, 0.6) is 0 Å². The number of nitrogens with one attached hydrogen (secondary N) is 2. The molecule has 0 aromatic heterocycles. The van der Waals surface area contributed by atoms with Crippen LogP contribution in [0.4, 0.5) is 5.69 Å². The van der Waals surface area contributed by atoms with Crippen LogP contribution in [0.1, 0.15) is 17.5 Å². The molecule has 2 N–H and O–H groups in total. The van der Waals surface area contributed by atoms with Crippen LogP contribution in [-0.4, -0.2) is 32.7 Å². The summed E-state index contributed by atoms with van der Waals surface area (Å²) >= 11 is 0. The van der Waals surface area contributed by atoms with Gasteiger partial charge in [-0.15, -0.1) is 0 Å². The van der Waals surface area contributed by atoms with Crippen LogP contribution < -0.4 is 10.6 Å². The summed E-state index contributed by atoms with van der Waals surface area (Å²) in [4.78, 5) is 11.6. The predicted molar refractivity (Wildman–Crippen MR) is 73.9 cm³/mol. The molecular weight excluding hydrogens is 228 g/mol. The first-order valence-electron chi connectivity index (χ1n) is 6.21. The summed E-state index contributed by atoms with van der Waals surface area (Å²) in [6, 6.07) is 6.03. The normalized spacial score (nSPS) is 10.2. The van der Waals surface area contributed by atoms with E-state index in [1.54, 1.807) is 7.11 Å². The molecule has 0 unspecified atom stereocenters. The molecule has 0 bridgehead atoms. The number of methoxy groups -OCH3 is 1. The largest absolute Gasteiger partial charge is 0.385 e. The highest BCUT2D eigenvalue weighted by Crippen LogP contribution is 2.17. The van der Waals surface area contributed by atoms with Gasteiger partial charge in [-0.05, 0) is 37.5 Å². The van der Waals surface area contributed by atoms with Crippen molar-refractivity contribution in [3.63, 3.8) is 0 Å². The lowest BCUT2D eigenvalue weighted by Gasteiger charge is -2.11. The van der Waals surface area contributed by atoms with Gasteiger partial charge in [-0.1, -0.05) is 12.1 Å². The topological polar surface area (TPSA) is 50.4 Å². The minimum absolute atomic E-state index is 0.00649. The second kappa shape index (κ2) is 7.71. The molecule has 100 valence electrons. The number of anilines is 1. The van der Waals surface area contributed by atoms with Gasteiger partial charge in [0.15, 0.2) is 0 Å². The lowest BCUT2D eigenvalue weighted by Crippen LogP contribution is -2.31. The molecule has 0 spiro atoms. The molecule has 1 rings (SSSR count). The van der Waals surface area contributed by atoms with Crippen molar-refractivity contribution in [3.05, 3.63) is 29.3 Å². The van der Waals surface area contributed by atoms with Crippen LogP contribution >= 0.6 is 0 Å². The molecule has 0 fully saturated rings. The Morgan fingerprint density at radius 3 is 2.83 bits per heavy atom. The summed E-state index contributed by atoms with van der Waals surface area (Å²) < 4.78 is 4.91. The Balaban J connectivity index is 2.32. The van der Waals surface area contributed by atoms with E-state index in [1.165, 1.54) is 11.1 Å². The summed E-state index contributed by atoms with van der Waals surface area (Å²) in [5, 5.41) is 5.99. The van der Waals surface area contributed by atoms with Crippen molar-refractivity contribution in [2.75, 3.05) is 32.1 Å². The van der Waals surface area contributed by atoms with Crippen molar-refractivity contribution in [1.82, 2.24) is 5.32 Å². The third kappa shape index (κ3) is 4.75. The number of hydrogen-bond donors (Lipinski definition) is 2. The van der Waals surface area contributed by atoms with Crippen molar-refractivity contribution in [1.29, 1.82) is 0 Å². The number of carbonyl (C=O) groups is 1. The van der Waals surface area contributed by atoms with Crippen molar-refractivity contribution in [3.8, 4) is 0 Å². The zero-order valence-corrected chi connectivity index (χ0v) is 11.4. The Bertz CT molecular complexity index is 391. The maximum Gasteiger partial charge on any atom is 0.239 e. The van der Waals surface area contributed by atoms with Crippen molar-refractivity contribution in [2.24, 2.45) is 0 Å². The number of amides is 1. The molecule has 4 heteroatoms. The fourth-order valence-corrected chi connectivity index (χ4v) is 1.62. The van der Waals surface area contributed by atoms with Gasteiger partial charge in [0.05, 0.1) is 6.54 Å². The van der Waals surface area contributed by atoms with Gasteiger partial charge in [0, 0.05) is 25.9 Å². The minimum Gasteiger partial charge on any atom is -0.385 e. The number of rotatable bonds is 7. The molecule has 1 aromatic carbocycles. The number of carbonyl (C=O) groups excluding carboxylic acids is 1. The molecule has 0 aliphatic carbocycles. The molecule has 0 atom stereocenters. The van der Waals surface area contributed by atoms with Gasteiger partial charge >= 0.3 is 0 Å². The van der Waals surface area contributed by atoms with Gasteiger partial charge in [-0.2, -0.15) is 0 Å². The molecule has 1 amide bonds. The van der Waals surface area contributed by atoms with Crippen LogP contribution in [-0.2, 0) is 9.53 Å². The molecule has 0 saturated carbocycles. The summed E-state index contributed by atoms with van der Waals surface area (Å²) in [7, 11) is 1.66. The van der Waals surface area contributed by atoms with Crippen LogP contribution in [0, 0.1) is 13.8 Å². The highest BCUT2D eigenvalue weighted by Gasteiger charge is 2.03. The fraction of sp³-hybridized carbons (Fsp3) is 0.500. The Morgan fingerprint density at radius 2 is 2.11 bits per heavy atom. The number of hydrogen-bond acceptors (Lipinski definition) is 3. The van der Waals surface area contributed by atoms with E-state index in [0.717, 1.165) is 12.1 Å². The highest BCUT2D eigenvalue weighted by atomic mass is 16.5. The summed E-state index contributed by atoms with van der Waals surface area (Å²) in [5.41, 5.74) is 3.42. The second-order valence-corrected chi connectivity index (χ2v) is 4.30. The SMILES string of the molecule is COCCCNC(=O)CNc1cccc(C)c1C. The van der Waals surface area contributed by atoms with Crippen LogP contribution in [0.2, 0.25) is 0 Å². The molecule has 4 nitrogen and oxygen atoms in total. The Hall–Kier alpha value is -1.55. The first kappa shape index (κ1) is 14.5. The maximum absolute atomic E-state index is 11.6. The average Bonchev–Trinajstić information content (AvgIpc) is 2.36. The van der Waals surface area contributed by atoms with Gasteiger partial charge < -0.3 is 15.4 Å². The van der Waals surface area contributed by atoms with Crippen molar-refractivity contribution >= 4 is 11.6 Å². The number of aryl methyl sites for hydroxylation is 1. The van der Waals surface area contributed by atoms with Crippen LogP contribution in [0.15, 0.2) is 18.2 Å². The summed E-state index contributed by atoms with van der Waals surface area (Å²) in [6.45, 7) is 5.74. The van der Waals surface area contributed by atoms with E-state index in [4.69, 9.17) is 4.74 Å². The maximum atomic E-state index is 11.6. The van der Waals surface area contributed by atoms with Gasteiger partial charge in [0.2, 0.25) is 5.91 Å². The summed E-state index contributed by atoms with van der Waals surface area (Å²) in [5.74, 6) is 0.00649. The monoisotopic (exact) mass is 250 g/mol. The molecule has 1 aromatic rings. The smallest absolute Gasteiger partial charge is 0.239 e. The minimum atomic E-state index is 0.00649. The standard InChI is InChI=1S/C14H22N2O2/c1-11-6-4-7-13(12(11)2)16-10-14(17)15-8-5-9-18-3/h4,6-7,16H,5,8-10H2,1-3H3,(H,15,17). The van der Waals surface area contributed by atoms with E-state index < -0.39 is 0 Å². The molecule has 18 heavy (non-hydrogen) atoms. The van der Waals surface area contributed by atoms with Gasteiger partial charge in [0.25, 0.3) is 0 Å². The van der Waals surface area contributed by atoms with Crippen LogP contribution in [0.25, 0.3) is 0 Å². The van der Waals surface area contributed by atoms with E-state index in [2.05, 4.69) is 23.6 Å². The third-order valence-corrected chi connectivity index (χ3v) is 2.89. The van der Waals surface area contributed by atoms with E-state index in [9.17, 15) is 4.79 Å². The second-order valence-electron chi connectivity index (χ2n) is 4.30. The average molecular weight is 250 g/mol. The van der Waals surface area contributed by atoms with Gasteiger partial charge in [0.1, 0.15) is 0 Å². The zero-order chi connectivity index (χ0) is 13.4. The lowest BCUT2D eigenvalue weighted by atomic mass is 10.1. The zero-order valence-electron chi connectivity index (χ0n) is 11.4. The highest BCUT2D eigenvalue weighted by molar-refractivity contribution is 5.81.